The number of ether oxygens (including phenoxy) is 3. The molecule has 0 aromatic rings. The highest BCUT2D eigenvalue weighted by molar-refractivity contribution is 5.71. The van der Waals surface area contributed by atoms with Gasteiger partial charge in [-0.05, 0) is 44.9 Å². The van der Waals surface area contributed by atoms with E-state index in [1.54, 1.807) is 0 Å². The highest BCUT2D eigenvalue weighted by Crippen LogP contribution is 2.12. The zero-order valence-corrected chi connectivity index (χ0v) is 27.8. The molecule has 0 spiro atoms. The van der Waals surface area contributed by atoms with Crippen LogP contribution in [0, 0.1) is 0 Å². The summed E-state index contributed by atoms with van der Waals surface area (Å²) >= 11 is 0. The summed E-state index contributed by atoms with van der Waals surface area (Å²) in [5.74, 6) is -0.916. The van der Waals surface area contributed by atoms with Gasteiger partial charge in [0.2, 0.25) is 0 Å². The van der Waals surface area contributed by atoms with Crippen molar-refractivity contribution in [3.63, 3.8) is 0 Å². The summed E-state index contributed by atoms with van der Waals surface area (Å²) in [5.41, 5.74) is 0. The third kappa shape index (κ3) is 29.6. The Hall–Kier alpha value is -1.85. The van der Waals surface area contributed by atoms with Crippen molar-refractivity contribution in [2.24, 2.45) is 0 Å². The second-order valence-electron chi connectivity index (χ2n) is 11.8. The minimum absolute atomic E-state index is 0.0735. The fraction of sp³-hybridized carbons (Fsp3) is 0.861. The first kappa shape index (κ1) is 40.1. The number of rotatable bonds is 31. The van der Waals surface area contributed by atoms with Crippen LogP contribution < -0.4 is 0 Å². The molecule has 0 aliphatic rings. The number of allylic oxidation sites excluding steroid dienone is 2. The van der Waals surface area contributed by atoms with Crippen molar-refractivity contribution in [3.05, 3.63) is 12.2 Å². The fourth-order valence-corrected chi connectivity index (χ4v) is 4.79. The molecule has 0 aromatic heterocycles. The minimum Gasteiger partial charge on any atom is -0.462 e. The highest BCUT2D eigenvalue weighted by Gasteiger charge is 2.19. The van der Waals surface area contributed by atoms with Crippen LogP contribution in [0.1, 0.15) is 181 Å². The van der Waals surface area contributed by atoms with Crippen LogP contribution in [-0.2, 0) is 28.6 Å². The van der Waals surface area contributed by atoms with E-state index < -0.39 is 6.10 Å². The Kier molecular flexibility index (Phi) is 30.7. The molecule has 1 atom stereocenters. The number of carbonyl (C=O) groups excluding carboxylic acids is 3. The van der Waals surface area contributed by atoms with Crippen LogP contribution in [0.3, 0.4) is 0 Å². The molecule has 0 N–H and O–H groups in total. The zero-order valence-electron chi connectivity index (χ0n) is 27.8. The van der Waals surface area contributed by atoms with Crippen molar-refractivity contribution in [1.82, 2.24) is 0 Å². The molecule has 6 heteroatoms. The first-order valence-electron chi connectivity index (χ1n) is 17.7. The summed E-state index contributed by atoms with van der Waals surface area (Å²) in [7, 11) is 0. The number of hydrogen-bond acceptors (Lipinski definition) is 6. The molecule has 6 nitrogen and oxygen atoms in total. The Labute approximate surface area is 259 Å². The predicted molar refractivity (Wildman–Crippen MR) is 173 cm³/mol. The second-order valence-corrected chi connectivity index (χ2v) is 11.8. The molecule has 0 saturated heterocycles. The molecule has 0 aromatic carbocycles. The summed E-state index contributed by atoms with van der Waals surface area (Å²) in [6, 6.07) is 0. The van der Waals surface area contributed by atoms with Gasteiger partial charge in [-0.2, -0.15) is 0 Å². The normalized spacial score (nSPS) is 12.0. The van der Waals surface area contributed by atoms with Gasteiger partial charge in [-0.15, -0.1) is 0 Å². The topological polar surface area (TPSA) is 78.9 Å². The number of esters is 3. The molecule has 0 amide bonds. The van der Waals surface area contributed by atoms with Crippen molar-refractivity contribution in [2.45, 2.75) is 187 Å². The van der Waals surface area contributed by atoms with Gasteiger partial charge in [-0.25, -0.2) is 0 Å². The minimum atomic E-state index is -0.759. The van der Waals surface area contributed by atoms with Crippen molar-refractivity contribution < 1.29 is 28.6 Å². The van der Waals surface area contributed by atoms with Crippen LogP contribution in [0.15, 0.2) is 12.2 Å². The van der Waals surface area contributed by atoms with Crippen LogP contribution in [0.5, 0.6) is 0 Å². The lowest BCUT2D eigenvalue weighted by Crippen LogP contribution is -2.30. The van der Waals surface area contributed by atoms with Gasteiger partial charge in [0, 0.05) is 19.3 Å². The average Bonchev–Trinajstić information content (AvgIpc) is 2.98. The summed E-state index contributed by atoms with van der Waals surface area (Å²) < 4.78 is 16.3. The molecule has 0 fully saturated rings. The van der Waals surface area contributed by atoms with Crippen molar-refractivity contribution >= 4 is 17.9 Å². The van der Waals surface area contributed by atoms with Gasteiger partial charge in [-0.1, -0.05) is 129 Å². The maximum absolute atomic E-state index is 12.4. The van der Waals surface area contributed by atoms with E-state index in [0.29, 0.717) is 19.3 Å². The number of hydrogen-bond donors (Lipinski definition) is 0. The molecule has 0 rings (SSSR count). The van der Waals surface area contributed by atoms with E-state index in [1.165, 1.54) is 64.2 Å². The van der Waals surface area contributed by atoms with E-state index >= 15 is 0 Å². The standard InChI is InChI=1S/C36H66O6/c1-4-7-10-13-14-15-16-17-18-19-20-21-24-26-29-35(38)41-32-33(42-36(39)30-27-23-12-9-6-3)31-40-34(37)28-25-22-11-8-5-2/h16-17,33H,4-15,18-32H2,1-3H3/b17-16-. The summed E-state index contributed by atoms with van der Waals surface area (Å²) in [6.07, 6.45) is 29.7. The fourth-order valence-electron chi connectivity index (χ4n) is 4.79. The SMILES string of the molecule is CCCCCCC/C=C\CCCCCCCC(=O)OCC(COC(=O)CCCCCCC)OC(=O)CCCCCCC. The first-order valence-corrected chi connectivity index (χ1v) is 17.7. The highest BCUT2D eigenvalue weighted by atomic mass is 16.6. The van der Waals surface area contributed by atoms with E-state index in [4.69, 9.17) is 14.2 Å². The maximum Gasteiger partial charge on any atom is 0.306 e. The van der Waals surface area contributed by atoms with Gasteiger partial charge >= 0.3 is 17.9 Å². The number of unbranched alkanes of at least 4 members (excludes halogenated alkanes) is 18. The van der Waals surface area contributed by atoms with Gasteiger partial charge < -0.3 is 14.2 Å². The molecule has 0 saturated carbocycles. The van der Waals surface area contributed by atoms with E-state index in [2.05, 4.69) is 32.9 Å². The lowest BCUT2D eigenvalue weighted by molar-refractivity contribution is -0.167. The average molecular weight is 595 g/mol. The monoisotopic (exact) mass is 594 g/mol. The van der Waals surface area contributed by atoms with Crippen molar-refractivity contribution in [3.8, 4) is 0 Å². The molecule has 0 heterocycles. The van der Waals surface area contributed by atoms with Crippen molar-refractivity contribution in [2.75, 3.05) is 13.2 Å². The molecule has 0 radical (unpaired) electrons. The molecule has 0 aliphatic carbocycles. The predicted octanol–water partition coefficient (Wildman–Crippen LogP) is 10.4. The van der Waals surface area contributed by atoms with E-state index in [1.807, 2.05) is 0 Å². The van der Waals surface area contributed by atoms with Crippen LogP contribution in [-0.4, -0.2) is 37.2 Å². The Morgan fingerprint density at radius 2 is 0.786 bits per heavy atom. The Bertz CT molecular complexity index is 659. The Balaban J connectivity index is 4.19. The van der Waals surface area contributed by atoms with Gasteiger partial charge in [0.15, 0.2) is 6.10 Å². The van der Waals surface area contributed by atoms with Crippen LogP contribution in [0.2, 0.25) is 0 Å². The molecular formula is C36H66O6. The maximum atomic E-state index is 12.4. The Morgan fingerprint density at radius 1 is 0.452 bits per heavy atom. The lowest BCUT2D eigenvalue weighted by Gasteiger charge is -2.18. The third-order valence-electron chi connectivity index (χ3n) is 7.52. The summed E-state index contributed by atoms with van der Waals surface area (Å²) in [6.45, 7) is 6.42. The van der Waals surface area contributed by atoms with Crippen LogP contribution in [0.25, 0.3) is 0 Å². The largest absolute Gasteiger partial charge is 0.462 e. The second kappa shape index (κ2) is 32.1. The van der Waals surface area contributed by atoms with Gasteiger partial charge in [0.25, 0.3) is 0 Å². The summed E-state index contributed by atoms with van der Waals surface area (Å²) in [5, 5.41) is 0. The first-order chi connectivity index (χ1) is 20.5. The molecule has 246 valence electrons. The van der Waals surface area contributed by atoms with E-state index in [-0.39, 0.29) is 31.1 Å². The third-order valence-corrected chi connectivity index (χ3v) is 7.52. The lowest BCUT2D eigenvalue weighted by atomic mass is 10.1. The van der Waals surface area contributed by atoms with Crippen molar-refractivity contribution in [1.29, 1.82) is 0 Å². The molecule has 42 heavy (non-hydrogen) atoms. The molecular weight excluding hydrogens is 528 g/mol. The summed E-state index contributed by atoms with van der Waals surface area (Å²) in [4.78, 5) is 36.8. The molecule has 0 aliphatic heterocycles. The van der Waals surface area contributed by atoms with Gasteiger partial charge in [-0.3, -0.25) is 14.4 Å². The number of carbonyl (C=O) groups is 3. The van der Waals surface area contributed by atoms with E-state index in [0.717, 1.165) is 77.0 Å². The van der Waals surface area contributed by atoms with Gasteiger partial charge in [0.05, 0.1) is 0 Å². The zero-order chi connectivity index (χ0) is 30.9. The van der Waals surface area contributed by atoms with E-state index in [9.17, 15) is 14.4 Å². The van der Waals surface area contributed by atoms with Gasteiger partial charge in [0.1, 0.15) is 13.2 Å². The Morgan fingerprint density at radius 3 is 1.19 bits per heavy atom. The molecule has 1 unspecified atom stereocenters. The van der Waals surface area contributed by atoms with Crippen LogP contribution >= 0.6 is 0 Å². The molecule has 0 bridgehead atoms. The van der Waals surface area contributed by atoms with Crippen LogP contribution in [0.4, 0.5) is 0 Å². The quantitative estimate of drug-likeness (QED) is 0.0344. The smallest absolute Gasteiger partial charge is 0.306 e.